The molecule has 0 aliphatic heterocycles. The van der Waals surface area contributed by atoms with Gasteiger partial charge in [-0.25, -0.2) is 4.98 Å². The minimum atomic E-state index is -0.407. The van der Waals surface area contributed by atoms with Crippen molar-refractivity contribution in [3.05, 3.63) is 64.7 Å². The molecule has 104 valence electrons. The van der Waals surface area contributed by atoms with E-state index < -0.39 is 4.92 Å². The van der Waals surface area contributed by atoms with Gasteiger partial charge in [0.2, 0.25) is 0 Å². The van der Waals surface area contributed by atoms with Crippen molar-refractivity contribution >= 4 is 16.6 Å². The van der Waals surface area contributed by atoms with Crippen molar-refractivity contribution in [2.45, 2.75) is 0 Å². The van der Waals surface area contributed by atoms with Gasteiger partial charge in [0.15, 0.2) is 0 Å². The zero-order valence-electron chi connectivity index (χ0n) is 11.3. The van der Waals surface area contributed by atoms with E-state index >= 15 is 0 Å². The summed E-state index contributed by atoms with van der Waals surface area (Å²) in [6.07, 6.45) is 0. The summed E-state index contributed by atoms with van der Waals surface area (Å²) in [5.41, 5.74) is 2.31. The van der Waals surface area contributed by atoms with Gasteiger partial charge in [0.25, 0.3) is 5.69 Å². The van der Waals surface area contributed by atoms with Crippen LogP contribution in [0.1, 0.15) is 0 Å². The number of nitro benzene ring substituents is 1. The lowest BCUT2D eigenvalue weighted by atomic mass is 10.1. The van der Waals surface area contributed by atoms with Gasteiger partial charge in [-0.15, -0.1) is 0 Å². The van der Waals surface area contributed by atoms with Crippen LogP contribution in [0.25, 0.3) is 22.2 Å². The third kappa shape index (κ3) is 2.53. The zero-order chi connectivity index (χ0) is 14.8. The number of non-ortho nitro benzene ring substituents is 1. The van der Waals surface area contributed by atoms with Gasteiger partial charge in [-0.3, -0.25) is 10.1 Å². The number of pyridine rings is 1. The molecular weight excluding hydrogens is 268 g/mol. The van der Waals surface area contributed by atoms with Crippen molar-refractivity contribution in [2.24, 2.45) is 0 Å². The van der Waals surface area contributed by atoms with Crippen LogP contribution >= 0.6 is 0 Å². The summed E-state index contributed by atoms with van der Waals surface area (Å²) in [6.45, 7) is 0. The fourth-order valence-corrected chi connectivity index (χ4v) is 2.17. The lowest BCUT2D eigenvalue weighted by molar-refractivity contribution is -0.384. The Morgan fingerprint density at radius 1 is 1.10 bits per heavy atom. The van der Waals surface area contributed by atoms with E-state index in [0.29, 0.717) is 5.69 Å². The van der Waals surface area contributed by atoms with Crippen molar-refractivity contribution in [1.82, 2.24) is 4.98 Å². The number of hydrogen-bond donors (Lipinski definition) is 0. The van der Waals surface area contributed by atoms with Crippen LogP contribution in [0.2, 0.25) is 0 Å². The first-order valence-electron chi connectivity index (χ1n) is 6.37. The molecule has 2 aromatic carbocycles. The Morgan fingerprint density at radius 2 is 1.95 bits per heavy atom. The molecule has 0 fully saturated rings. The molecule has 0 unspecified atom stereocenters. The minimum absolute atomic E-state index is 0.0594. The van der Waals surface area contributed by atoms with E-state index in [9.17, 15) is 10.1 Å². The molecule has 1 heterocycles. The molecule has 0 aliphatic carbocycles. The maximum atomic E-state index is 10.8. The van der Waals surface area contributed by atoms with Gasteiger partial charge in [0, 0.05) is 23.1 Å². The first-order chi connectivity index (χ1) is 10.2. The van der Waals surface area contributed by atoms with Gasteiger partial charge < -0.3 is 4.74 Å². The van der Waals surface area contributed by atoms with Crippen LogP contribution in [-0.4, -0.2) is 17.0 Å². The van der Waals surface area contributed by atoms with Gasteiger partial charge in [-0.2, -0.15) is 0 Å². The van der Waals surface area contributed by atoms with Crippen molar-refractivity contribution in [3.63, 3.8) is 0 Å². The van der Waals surface area contributed by atoms with E-state index in [1.807, 2.05) is 36.4 Å². The van der Waals surface area contributed by atoms with Crippen LogP contribution in [-0.2, 0) is 0 Å². The molecule has 5 nitrogen and oxygen atoms in total. The number of benzene rings is 2. The van der Waals surface area contributed by atoms with Crippen LogP contribution in [0.5, 0.6) is 5.75 Å². The molecule has 1 aromatic heterocycles. The second-order valence-electron chi connectivity index (χ2n) is 4.56. The quantitative estimate of drug-likeness (QED) is 0.540. The molecule has 0 amide bonds. The van der Waals surface area contributed by atoms with Crippen LogP contribution < -0.4 is 4.74 Å². The summed E-state index contributed by atoms with van der Waals surface area (Å²) in [4.78, 5) is 15.0. The van der Waals surface area contributed by atoms with E-state index in [2.05, 4.69) is 4.98 Å². The number of methoxy groups -OCH3 is 1. The Bertz CT molecular complexity index is 831. The lowest BCUT2D eigenvalue weighted by Gasteiger charge is -2.05. The average Bonchev–Trinajstić information content (AvgIpc) is 2.54. The molecular formula is C16H12N2O3. The van der Waals surface area contributed by atoms with Crippen molar-refractivity contribution in [2.75, 3.05) is 7.11 Å². The Hall–Kier alpha value is -2.95. The number of nitro groups is 1. The molecule has 0 bridgehead atoms. The van der Waals surface area contributed by atoms with Crippen LogP contribution in [0.4, 0.5) is 5.69 Å². The van der Waals surface area contributed by atoms with E-state index in [0.717, 1.165) is 22.2 Å². The third-order valence-corrected chi connectivity index (χ3v) is 3.25. The number of hydrogen-bond acceptors (Lipinski definition) is 4. The fourth-order valence-electron chi connectivity index (χ4n) is 2.17. The highest BCUT2D eigenvalue weighted by Crippen LogP contribution is 2.26. The predicted octanol–water partition coefficient (Wildman–Crippen LogP) is 3.82. The Morgan fingerprint density at radius 3 is 2.71 bits per heavy atom. The minimum Gasteiger partial charge on any atom is -0.497 e. The maximum Gasteiger partial charge on any atom is 0.270 e. The predicted molar refractivity (Wildman–Crippen MR) is 80.4 cm³/mol. The molecule has 21 heavy (non-hydrogen) atoms. The summed E-state index contributed by atoms with van der Waals surface area (Å²) in [7, 11) is 1.62. The van der Waals surface area contributed by atoms with E-state index in [1.165, 1.54) is 12.1 Å². The molecule has 0 spiro atoms. The zero-order valence-corrected chi connectivity index (χ0v) is 11.3. The topological polar surface area (TPSA) is 65.3 Å². The summed E-state index contributed by atoms with van der Waals surface area (Å²) in [6, 6.07) is 15.9. The summed E-state index contributed by atoms with van der Waals surface area (Å²) < 4.78 is 5.18. The molecule has 0 N–H and O–H groups in total. The SMILES string of the molecule is COc1ccc2nc(-c3cccc([N+](=O)[O-])c3)ccc2c1. The van der Waals surface area contributed by atoms with E-state index in [1.54, 1.807) is 13.2 Å². The Labute approximate surface area is 121 Å². The van der Waals surface area contributed by atoms with E-state index in [-0.39, 0.29) is 5.69 Å². The smallest absolute Gasteiger partial charge is 0.270 e. The highest BCUT2D eigenvalue weighted by molar-refractivity contribution is 5.83. The molecule has 0 saturated carbocycles. The van der Waals surface area contributed by atoms with Crippen LogP contribution in [0.15, 0.2) is 54.6 Å². The first kappa shape index (κ1) is 13.1. The highest BCUT2D eigenvalue weighted by Gasteiger charge is 2.08. The molecule has 0 saturated heterocycles. The summed E-state index contributed by atoms with van der Waals surface area (Å²) in [5.74, 6) is 0.771. The molecule has 3 aromatic rings. The van der Waals surface area contributed by atoms with Crippen LogP contribution in [0.3, 0.4) is 0 Å². The number of fused-ring (bicyclic) bond motifs is 1. The molecule has 3 rings (SSSR count). The number of aromatic nitrogens is 1. The Kier molecular flexibility index (Phi) is 3.23. The van der Waals surface area contributed by atoms with Gasteiger partial charge in [0.05, 0.1) is 23.2 Å². The molecule has 5 heteroatoms. The highest BCUT2D eigenvalue weighted by atomic mass is 16.6. The van der Waals surface area contributed by atoms with Crippen LogP contribution in [0, 0.1) is 10.1 Å². The standard InChI is InChI=1S/C16H12N2O3/c1-21-14-6-8-16-12(10-14)5-7-15(17-16)11-3-2-4-13(9-11)18(19)20/h2-10H,1H3. The third-order valence-electron chi connectivity index (χ3n) is 3.25. The molecule has 0 atom stereocenters. The van der Waals surface area contributed by atoms with Gasteiger partial charge in [-0.1, -0.05) is 18.2 Å². The fraction of sp³-hybridized carbons (Fsp3) is 0.0625. The first-order valence-corrected chi connectivity index (χ1v) is 6.37. The summed E-state index contributed by atoms with van der Waals surface area (Å²) >= 11 is 0. The average molecular weight is 280 g/mol. The monoisotopic (exact) mass is 280 g/mol. The number of nitrogens with zero attached hydrogens (tertiary/aromatic N) is 2. The lowest BCUT2D eigenvalue weighted by Crippen LogP contribution is -1.90. The normalized spacial score (nSPS) is 10.5. The second-order valence-corrected chi connectivity index (χ2v) is 4.56. The van der Waals surface area contributed by atoms with Gasteiger partial charge in [-0.05, 0) is 24.3 Å². The van der Waals surface area contributed by atoms with Crippen molar-refractivity contribution < 1.29 is 9.66 Å². The van der Waals surface area contributed by atoms with Gasteiger partial charge in [0.1, 0.15) is 5.75 Å². The number of ether oxygens (including phenoxy) is 1. The van der Waals surface area contributed by atoms with E-state index in [4.69, 9.17) is 4.74 Å². The second kappa shape index (κ2) is 5.20. The number of rotatable bonds is 3. The summed E-state index contributed by atoms with van der Waals surface area (Å²) in [5, 5.41) is 11.8. The largest absolute Gasteiger partial charge is 0.497 e. The van der Waals surface area contributed by atoms with Gasteiger partial charge >= 0.3 is 0 Å². The maximum absolute atomic E-state index is 10.8. The molecule has 0 radical (unpaired) electrons. The van der Waals surface area contributed by atoms with Crippen molar-refractivity contribution in [1.29, 1.82) is 0 Å². The Balaban J connectivity index is 2.08. The van der Waals surface area contributed by atoms with Crippen molar-refractivity contribution in [3.8, 4) is 17.0 Å². The molecule has 0 aliphatic rings.